The van der Waals surface area contributed by atoms with Gasteiger partial charge in [0, 0.05) is 21.9 Å². The first kappa shape index (κ1) is 12.6. The molecule has 0 atom stereocenters. The summed E-state index contributed by atoms with van der Waals surface area (Å²) in [5, 5.41) is 10.2. The van der Waals surface area contributed by atoms with Crippen molar-refractivity contribution >= 4 is 27.5 Å². The van der Waals surface area contributed by atoms with Crippen LogP contribution in [0.1, 0.15) is 10.5 Å². The van der Waals surface area contributed by atoms with Gasteiger partial charge in [-0.3, -0.25) is 4.79 Å². The number of aromatic nitrogens is 3. The smallest absolute Gasteiger partial charge is 0.272 e. The highest BCUT2D eigenvalue weighted by Crippen LogP contribution is 2.19. The highest BCUT2D eigenvalue weighted by Gasteiger charge is 2.09. The van der Waals surface area contributed by atoms with Gasteiger partial charge in [-0.05, 0) is 46.3 Å². The van der Waals surface area contributed by atoms with Crippen LogP contribution in [0.2, 0.25) is 0 Å². The van der Waals surface area contributed by atoms with E-state index in [0.717, 1.165) is 10.0 Å². The minimum absolute atomic E-state index is 0.207. The van der Waals surface area contributed by atoms with Gasteiger partial charge >= 0.3 is 0 Å². The summed E-state index contributed by atoms with van der Waals surface area (Å²) >= 11 is 3.28. The van der Waals surface area contributed by atoms with Crippen LogP contribution in [-0.4, -0.2) is 21.1 Å². The van der Waals surface area contributed by atoms with Crippen molar-refractivity contribution in [1.82, 2.24) is 15.2 Å². The number of benzene rings is 1. The number of hydrogen-bond acceptors (Lipinski definition) is 4. The average molecular weight is 333 g/mol. The maximum absolute atomic E-state index is 11.9. The lowest BCUT2D eigenvalue weighted by Crippen LogP contribution is -2.11. The molecule has 3 aromatic rings. The number of amides is 1. The Bertz CT molecular complexity index is 719. The molecule has 0 bridgehead atoms. The monoisotopic (exact) mass is 332 g/mol. The lowest BCUT2D eigenvalue weighted by molar-refractivity contribution is 0.102. The molecule has 0 aliphatic carbocycles. The molecule has 100 valence electrons. The Labute approximate surface area is 122 Å². The average Bonchev–Trinajstić information content (AvgIpc) is 3.10. The Morgan fingerprint density at radius 3 is 2.70 bits per heavy atom. The molecule has 2 N–H and O–H groups in total. The van der Waals surface area contributed by atoms with Crippen molar-refractivity contribution in [1.29, 1.82) is 0 Å². The molecule has 0 radical (unpaired) electrons. The molecule has 0 aliphatic heterocycles. The van der Waals surface area contributed by atoms with E-state index in [0.29, 0.717) is 17.3 Å². The van der Waals surface area contributed by atoms with Gasteiger partial charge in [-0.1, -0.05) is 0 Å². The molecule has 0 fully saturated rings. The number of anilines is 1. The van der Waals surface area contributed by atoms with Crippen molar-refractivity contribution in [2.24, 2.45) is 0 Å². The summed E-state index contributed by atoms with van der Waals surface area (Å²) in [6.07, 6.45) is 2.97. The number of nitrogens with zero attached hydrogens (tertiary/aromatic N) is 2. The first-order valence-electron chi connectivity index (χ1n) is 5.74. The number of aromatic amines is 1. The van der Waals surface area contributed by atoms with Crippen LogP contribution < -0.4 is 5.32 Å². The third-order valence-electron chi connectivity index (χ3n) is 2.64. The minimum atomic E-state index is -0.207. The lowest BCUT2D eigenvalue weighted by atomic mass is 10.2. The summed E-state index contributed by atoms with van der Waals surface area (Å²) in [5.41, 5.74) is 1.96. The van der Waals surface area contributed by atoms with E-state index in [2.05, 4.69) is 36.4 Å². The second kappa shape index (κ2) is 5.30. The molecule has 0 spiro atoms. The van der Waals surface area contributed by atoms with Gasteiger partial charge in [0.15, 0.2) is 0 Å². The normalized spacial score (nSPS) is 10.4. The molecule has 0 aliphatic rings. The Balaban J connectivity index is 1.74. The number of halogens is 1. The Kier molecular flexibility index (Phi) is 3.34. The van der Waals surface area contributed by atoms with Crippen molar-refractivity contribution in [2.75, 3.05) is 5.32 Å². The molecule has 2 aromatic heterocycles. The van der Waals surface area contributed by atoms with Gasteiger partial charge < -0.3 is 14.7 Å². The van der Waals surface area contributed by atoms with Crippen molar-refractivity contribution in [3.8, 4) is 11.5 Å². The van der Waals surface area contributed by atoms with Crippen LogP contribution in [0.4, 0.5) is 5.69 Å². The third kappa shape index (κ3) is 2.62. The second-order valence-electron chi connectivity index (χ2n) is 4.01. The molecule has 0 saturated heterocycles. The Morgan fingerprint density at radius 2 is 2.10 bits per heavy atom. The fourth-order valence-electron chi connectivity index (χ4n) is 1.69. The zero-order chi connectivity index (χ0) is 13.9. The molecule has 1 aromatic carbocycles. The molecule has 3 rings (SSSR count). The molecule has 0 saturated carbocycles. The van der Waals surface area contributed by atoms with Crippen molar-refractivity contribution in [3.05, 3.63) is 53.1 Å². The van der Waals surface area contributed by atoms with E-state index in [-0.39, 0.29) is 5.91 Å². The van der Waals surface area contributed by atoms with E-state index in [1.807, 2.05) is 0 Å². The molecular formula is C13H9BrN4O2. The van der Waals surface area contributed by atoms with Crippen molar-refractivity contribution < 1.29 is 9.21 Å². The minimum Gasteiger partial charge on any atom is -0.423 e. The maximum atomic E-state index is 11.9. The second-order valence-corrected chi connectivity index (χ2v) is 4.92. The number of nitrogens with one attached hydrogen (secondary N) is 2. The summed E-state index contributed by atoms with van der Waals surface area (Å²) in [7, 11) is 0. The van der Waals surface area contributed by atoms with E-state index >= 15 is 0 Å². The lowest BCUT2D eigenvalue weighted by Gasteiger charge is -2.04. The van der Waals surface area contributed by atoms with Gasteiger partial charge in [-0.15, -0.1) is 10.2 Å². The molecule has 2 heterocycles. The summed E-state index contributed by atoms with van der Waals surface area (Å²) in [5.74, 6) is 0.234. The van der Waals surface area contributed by atoms with Crippen LogP contribution in [0.25, 0.3) is 11.5 Å². The van der Waals surface area contributed by atoms with Crippen LogP contribution in [0.15, 0.2) is 51.8 Å². The third-order valence-corrected chi connectivity index (χ3v) is 3.10. The van der Waals surface area contributed by atoms with Crippen LogP contribution in [0.5, 0.6) is 0 Å². The summed E-state index contributed by atoms with van der Waals surface area (Å²) < 4.78 is 5.92. The quantitative estimate of drug-likeness (QED) is 0.771. The Morgan fingerprint density at radius 1 is 1.30 bits per heavy atom. The predicted octanol–water partition coefficient (Wildman–Crippen LogP) is 3.08. The van der Waals surface area contributed by atoms with Gasteiger partial charge in [-0.25, -0.2) is 0 Å². The summed E-state index contributed by atoms with van der Waals surface area (Å²) in [6, 6.07) is 8.86. The largest absolute Gasteiger partial charge is 0.423 e. The number of H-pyrrole nitrogens is 1. The Hall–Kier alpha value is -2.41. The van der Waals surface area contributed by atoms with Crippen LogP contribution in [0.3, 0.4) is 0 Å². The highest BCUT2D eigenvalue weighted by molar-refractivity contribution is 9.10. The number of carbonyl (C=O) groups is 1. The molecule has 7 heteroatoms. The zero-order valence-corrected chi connectivity index (χ0v) is 11.7. The zero-order valence-electron chi connectivity index (χ0n) is 10.1. The van der Waals surface area contributed by atoms with Crippen molar-refractivity contribution in [3.63, 3.8) is 0 Å². The SMILES string of the molecule is O=C(Nc1ccc(-c2nnco2)cc1)c1cc(Br)c[nH]1. The van der Waals surface area contributed by atoms with E-state index in [4.69, 9.17) is 4.42 Å². The van der Waals surface area contributed by atoms with E-state index < -0.39 is 0 Å². The van der Waals surface area contributed by atoms with Gasteiger partial charge in [0.05, 0.1) is 0 Å². The van der Waals surface area contributed by atoms with Crippen molar-refractivity contribution in [2.45, 2.75) is 0 Å². The van der Waals surface area contributed by atoms with Gasteiger partial charge in [-0.2, -0.15) is 0 Å². The fourth-order valence-corrected chi connectivity index (χ4v) is 2.04. The van der Waals surface area contributed by atoms with E-state index in [1.165, 1.54) is 6.39 Å². The van der Waals surface area contributed by atoms with Crippen LogP contribution in [-0.2, 0) is 0 Å². The topological polar surface area (TPSA) is 83.8 Å². The van der Waals surface area contributed by atoms with Crippen LogP contribution >= 0.6 is 15.9 Å². The molecule has 1 amide bonds. The fraction of sp³-hybridized carbons (Fsp3) is 0. The number of carbonyl (C=O) groups excluding carboxylic acids is 1. The van der Waals surface area contributed by atoms with Gasteiger partial charge in [0.2, 0.25) is 12.3 Å². The van der Waals surface area contributed by atoms with E-state index in [1.54, 1.807) is 36.5 Å². The van der Waals surface area contributed by atoms with Gasteiger partial charge in [0.1, 0.15) is 5.69 Å². The standard InChI is InChI=1S/C13H9BrN4O2/c14-9-5-11(15-6-9)12(19)17-10-3-1-8(2-4-10)13-18-16-7-20-13/h1-7,15H,(H,17,19). The maximum Gasteiger partial charge on any atom is 0.272 e. The molecule has 6 nitrogen and oxygen atoms in total. The van der Waals surface area contributed by atoms with Crippen LogP contribution in [0, 0.1) is 0 Å². The number of rotatable bonds is 3. The first-order chi connectivity index (χ1) is 9.72. The highest BCUT2D eigenvalue weighted by atomic mass is 79.9. The predicted molar refractivity (Wildman–Crippen MR) is 76.2 cm³/mol. The summed E-state index contributed by atoms with van der Waals surface area (Å²) in [6.45, 7) is 0. The van der Waals surface area contributed by atoms with Gasteiger partial charge in [0.25, 0.3) is 5.91 Å². The summed E-state index contributed by atoms with van der Waals surface area (Å²) in [4.78, 5) is 14.8. The number of hydrogen-bond donors (Lipinski definition) is 2. The van der Waals surface area contributed by atoms with E-state index in [9.17, 15) is 4.79 Å². The molecular weight excluding hydrogens is 324 g/mol. The first-order valence-corrected chi connectivity index (χ1v) is 6.53. The molecule has 0 unspecified atom stereocenters. The molecule has 20 heavy (non-hydrogen) atoms.